The average Bonchev–Trinajstić information content (AvgIpc) is 3.64. The van der Waals surface area contributed by atoms with Gasteiger partial charge in [-0.2, -0.15) is 5.26 Å². The first-order chi connectivity index (χ1) is 30.2. The minimum absolute atomic E-state index is 0.608. The Morgan fingerprint density at radius 1 is 0.344 bits per heavy atom. The van der Waals surface area contributed by atoms with Crippen molar-refractivity contribution >= 4 is 10.8 Å². The quantitative estimate of drug-likeness (QED) is 0.162. The molecule has 0 unspecified atom stereocenters. The van der Waals surface area contributed by atoms with Crippen molar-refractivity contribution in [2.75, 3.05) is 0 Å². The van der Waals surface area contributed by atoms with Crippen molar-refractivity contribution in [2.24, 2.45) is 0 Å². The van der Waals surface area contributed by atoms with Gasteiger partial charge in [-0.3, -0.25) is 0 Å². The number of nitrogens with zero attached hydrogens (tertiary/aromatic N) is 3. The molecule has 1 aliphatic carbocycles. The van der Waals surface area contributed by atoms with E-state index in [0.29, 0.717) is 11.4 Å². The second-order valence-corrected chi connectivity index (χ2v) is 15.7. The lowest BCUT2D eigenvalue weighted by Crippen LogP contribution is -2.28. The highest BCUT2D eigenvalue weighted by atomic mass is 14.9. The molecule has 3 nitrogen and oxygen atoms in total. The molecule has 1 heterocycles. The minimum atomic E-state index is -0.608. The van der Waals surface area contributed by atoms with Crippen LogP contribution >= 0.6 is 0 Å². The van der Waals surface area contributed by atoms with E-state index in [1.807, 2.05) is 48.5 Å². The maximum absolute atomic E-state index is 9.29. The molecule has 0 amide bonds. The Balaban J connectivity index is 1.09. The first-order valence-corrected chi connectivity index (χ1v) is 20.6. The number of hydrogen-bond acceptors (Lipinski definition) is 3. The summed E-state index contributed by atoms with van der Waals surface area (Å²) in [6.45, 7) is 0. The van der Waals surface area contributed by atoms with E-state index in [9.17, 15) is 5.26 Å². The third-order valence-corrected chi connectivity index (χ3v) is 12.2. The zero-order chi connectivity index (χ0) is 40.8. The van der Waals surface area contributed by atoms with Crippen molar-refractivity contribution in [1.82, 2.24) is 9.97 Å². The van der Waals surface area contributed by atoms with Crippen LogP contribution in [0.2, 0.25) is 0 Å². The largest absolute Gasteiger partial charge is 0.228 e. The zero-order valence-electron chi connectivity index (χ0n) is 33.2. The molecule has 0 spiro atoms. The Kier molecular flexibility index (Phi) is 8.77. The standard InChI is InChI=1S/C58H37N3/c59-38-39-21-23-40(24-22-39)43-25-26-45-34-46(28-27-44(45)33-43)47-29-31-51-52-32-30-48(56-37-55(41-13-5-1-6-14-41)60-57(61-56)42-15-7-2-8-16-42)36-54(52)58(53(51)35-47,49-17-9-3-10-18-49)50-19-11-4-12-20-50/h1-37H. The molecule has 0 saturated carbocycles. The Hall–Kier alpha value is -8.19. The van der Waals surface area contributed by atoms with Crippen molar-refractivity contribution in [3.63, 3.8) is 0 Å². The van der Waals surface area contributed by atoms with E-state index >= 15 is 0 Å². The molecule has 10 aromatic rings. The van der Waals surface area contributed by atoms with Crippen LogP contribution in [0.3, 0.4) is 0 Å². The first kappa shape index (κ1) is 35.9. The predicted octanol–water partition coefficient (Wildman–Crippen LogP) is 14.2. The smallest absolute Gasteiger partial charge is 0.160 e. The van der Waals surface area contributed by atoms with Crippen molar-refractivity contribution in [3.8, 4) is 73.4 Å². The Bertz CT molecular complexity index is 3180. The summed E-state index contributed by atoms with van der Waals surface area (Å²) in [7, 11) is 0. The fourth-order valence-electron chi connectivity index (χ4n) is 9.24. The van der Waals surface area contributed by atoms with Gasteiger partial charge in [-0.05, 0) is 109 Å². The molecule has 1 aliphatic rings. The molecule has 3 heteroatoms. The van der Waals surface area contributed by atoms with Gasteiger partial charge in [0.2, 0.25) is 0 Å². The van der Waals surface area contributed by atoms with Crippen LogP contribution in [0.5, 0.6) is 0 Å². The zero-order valence-corrected chi connectivity index (χ0v) is 33.2. The molecule has 61 heavy (non-hydrogen) atoms. The van der Waals surface area contributed by atoms with Crippen molar-refractivity contribution in [1.29, 1.82) is 5.26 Å². The highest BCUT2D eigenvalue weighted by Crippen LogP contribution is 2.57. The lowest BCUT2D eigenvalue weighted by atomic mass is 9.67. The molecule has 0 N–H and O–H groups in total. The van der Waals surface area contributed by atoms with Gasteiger partial charge in [0.25, 0.3) is 0 Å². The van der Waals surface area contributed by atoms with E-state index in [4.69, 9.17) is 9.97 Å². The van der Waals surface area contributed by atoms with Crippen LogP contribution in [0, 0.1) is 11.3 Å². The second-order valence-electron chi connectivity index (χ2n) is 15.7. The van der Waals surface area contributed by atoms with E-state index in [0.717, 1.165) is 50.3 Å². The molecule has 284 valence electrons. The van der Waals surface area contributed by atoms with Gasteiger partial charge in [-0.15, -0.1) is 0 Å². The van der Waals surface area contributed by atoms with E-state index in [-0.39, 0.29) is 0 Å². The molecule has 0 bridgehead atoms. The van der Waals surface area contributed by atoms with Crippen LogP contribution < -0.4 is 0 Å². The van der Waals surface area contributed by atoms with Crippen LogP contribution in [-0.4, -0.2) is 9.97 Å². The fraction of sp³-hybridized carbons (Fsp3) is 0.0172. The summed E-state index contributed by atoms with van der Waals surface area (Å²) in [4.78, 5) is 10.3. The van der Waals surface area contributed by atoms with E-state index in [1.165, 1.54) is 44.2 Å². The van der Waals surface area contributed by atoms with Gasteiger partial charge < -0.3 is 0 Å². The van der Waals surface area contributed by atoms with Crippen LogP contribution in [0.25, 0.3) is 78.1 Å². The summed E-state index contributed by atoms with van der Waals surface area (Å²) < 4.78 is 0. The Morgan fingerprint density at radius 2 is 0.770 bits per heavy atom. The number of benzene rings is 9. The summed E-state index contributed by atoms with van der Waals surface area (Å²) in [6, 6.07) is 82.0. The van der Waals surface area contributed by atoms with E-state index in [2.05, 4.69) is 182 Å². The molecule has 0 fully saturated rings. The molecule has 9 aromatic carbocycles. The van der Waals surface area contributed by atoms with Crippen LogP contribution in [0.1, 0.15) is 27.8 Å². The summed E-state index contributed by atoms with van der Waals surface area (Å²) >= 11 is 0. The number of hydrogen-bond donors (Lipinski definition) is 0. The molecular formula is C58H37N3. The van der Waals surface area contributed by atoms with Gasteiger partial charge in [0.15, 0.2) is 5.82 Å². The number of rotatable bonds is 7. The van der Waals surface area contributed by atoms with E-state index in [1.54, 1.807) is 0 Å². The van der Waals surface area contributed by atoms with Crippen molar-refractivity contribution in [3.05, 3.63) is 252 Å². The molecule has 0 atom stereocenters. The monoisotopic (exact) mass is 775 g/mol. The van der Waals surface area contributed by atoms with Gasteiger partial charge >= 0.3 is 0 Å². The van der Waals surface area contributed by atoms with Gasteiger partial charge in [-0.25, -0.2) is 9.97 Å². The first-order valence-electron chi connectivity index (χ1n) is 20.6. The molecule has 0 saturated heterocycles. The molecule has 11 rings (SSSR count). The van der Waals surface area contributed by atoms with Crippen LogP contribution in [0.4, 0.5) is 0 Å². The van der Waals surface area contributed by atoms with Gasteiger partial charge in [-0.1, -0.05) is 182 Å². The predicted molar refractivity (Wildman–Crippen MR) is 249 cm³/mol. The maximum Gasteiger partial charge on any atom is 0.160 e. The number of fused-ring (bicyclic) bond motifs is 4. The molecule has 1 aromatic heterocycles. The average molecular weight is 776 g/mol. The normalized spacial score (nSPS) is 12.4. The highest BCUT2D eigenvalue weighted by Gasteiger charge is 2.46. The van der Waals surface area contributed by atoms with Crippen LogP contribution in [0.15, 0.2) is 224 Å². The molecule has 0 aliphatic heterocycles. The maximum atomic E-state index is 9.29. The van der Waals surface area contributed by atoms with E-state index < -0.39 is 5.41 Å². The summed E-state index contributed by atoms with van der Waals surface area (Å²) in [6.07, 6.45) is 0. The van der Waals surface area contributed by atoms with Crippen molar-refractivity contribution < 1.29 is 0 Å². The lowest BCUT2D eigenvalue weighted by molar-refractivity contribution is 0.769. The summed E-state index contributed by atoms with van der Waals surface area (Å²) in [5.74, 6) is 0.698. The highest BCUT2D eigenvalue weighted by molar-refractivity contribution is 5.93. The summed E-state index contributed by atoms with van der Waals surface area (Å²) in [5.41, 5.74) is 16.8. The fourth-order valence-corrected chi connectivity index (χ4v) is 9.24. The minimum Gasteiger partial charge on any atom is -0.228 e. The van der Waals surface area contributed by atoms with Gasteiger partial charge in [0.1, 0.15) is 0 Å². The SMILES string of the molecule is N#Cc1ccc(-c2ccc3cc(-c4ccc5c(c4)C(c4ccccc4)(c4ccccc4)c4cc(-c6cc(-c7ccccc7)nc(-c7ccccc7)n6)ccc4-5)ccc3c2)cc1. The second kappa shape index (κ2) is 14.9. The molecule has 0 radical (unpaired) electrons. The Labute approximate surface area is 355 Å². The Morgan fingerprint density at radius 3 is 1.33 bits per heavy atom. The van der Waals surface area contributed by atoms with Gasteiger partial charge in [0.05, 0.1) is 28.4 Å². The van der Waals surface area contributed by atoms with Crippen LogP contribution in [-0.2, 0) is 5.41 Å². The number of nitriles is 1. The lowest BCUT2D eigenvalue weighted by Gasteiger charge is -2.34. The molecular weight excluding hydrogens is 739 g/mol. The summed E-state index contributed by atoms with van der Waals surface area (Å²) in [5, 5.41) is 11.6. The van der Waals surface area contributed by atoms with Crippen molar-refractivity contribution in [2.45, 2.75) is 5.41 Å². The number of aromatic nitrogens is 2. The third kappa shape index (κ3) is 6.22. The third-order valence-electron chi connectivity index (χ3n) is 12.2. The van der Waals surface area contributed by atoms with Gasteiger partial charge in [0, 0.05) is 16.7 Å². The topological polar surface area (TPSA) is 49.6 Å².